The van der Waals surface area contributed by atoms with Gasteiger partial charge in [-0.2, -0.15) is 0 Å². The normalized spacial score (nSPS) is 21.6. The Bertz CT molecular complexity index is 396. The van der Waals surface area contributed by atoms with Crippen LogP contribution in [0.1, 0.15) is 11.3 Å². The van der Waals surface area contributed by atoms with E-state index >= 15 is 0 Å². The lowest BCUT2D eigenvalue weighted by Crippen LogP contribution is -2.42. The number of hydrogen-bond donors (Lipinski definition) is 1. The molecule has 1 aromatic heterocycles. The fraction of sp³-hybridized carbons (Fsp3) is 0.545. The van der Waals surface area contributed by atoms with E-state index in [-0.39, 0.29) is 12.5 Å². The molecule has 4 nitrogen and oxygen atoms in total. The Kier molecular flexibility index (Phi) is 4.39. The molecule has 1 N–H and O–H groups in total. The number of halogens is 1. The minimum atomic E-state index is -0.809. The van der Waals surface area contributed by atoms with Gasteiger partial charge in [0.2, 0.25) is 0 Å². The molecule has 1 aromatic rings. The molecule has 0 saturated carbocycles. The van der Waals surface area contributed by atoms with Crippen LogP contribution in [0.3, 0.4) is 0 Å². The summed E-state index contributed by atoms with van der Waals surface area (Å²) in [7, 11) is 0. The average Bonchev–Trinajstić information content (AvgIpc) is 2.63. The Labute approximate surface area is 109 Å². The molecule has 1 unspecified atom stereocenters. The van der Waals surface area contributed by atoms with E-state index in [2.05, 4.69) is 4.90 Å². The summed E-state index contributed by atoms with van der Waals surface area (Å²) in [6, 6.07) is 3.89. The number of hydrogen-bond acceptors (Lipinski definition) is 4. The number of ether oxygens (including phenoxy) is 1. The third kappa shape index (κ3) is 3.96. The van der Waals surface area contributed by atoms with Crippen LogP contribution in [0.5, 0.6) is 0 Å². The standard InChI is InChI=1S/C11H14ClNO3S/c12-10-2-1-9(17-10)7-13-3-4-16-8(6-13)5-11(14)15/h1-2,8H,3-7H2,(H,14,15). The SMILES string of the molecule is O=C(O)CC1CN(Cc2ccc(Cl)s2)CCO1. The highest BCUT2D eigenvalue weighted by Crippen LogP contribution is 2.23. The van der Waals surface area contributed by atoms with Crippen LogP contribution in [-0.4, -0.2) is 41.8 Å². The van der Waals surface area contributed by atoms with Crippen LogP contribution in [0.4, 0.5) is 0 Å². The van der Waals surface area contributed by atoms with Crippen molar-refractivity contribution in [3.63, 3.8) is 0 Å². The largest absolute Gasteiger partial charge is 0.481 e. The number of rotatable bonds is 4. The molecule has 0 aliphatic carbocycles. The molecule has 0 bridgehead atoms. The molecule has 1 aliphatic rings. The van der Waals surface area contributed by atoms with Crippen LogP contribution >= 0.6 is 22.9 Å². The van der Waals surface area contributed by atoms with Gasteiger partial charge in [0, 0.05) is 24.5 Å². The van der Waals surface area contributed by atoms with Crippen molar-refractivity contribution in [1.29, 1.82) is 0 Å². The summed E-state index contributed by atoms with van der Waals surface area (Å²) in [4.78, 5) is 14.0. The molecule has 2 heterocycles. The number of thiophene rings is 1. The molecule has 94 valence electrons. The van der Waals surface area contributed by atoms with Gasteiger partial charge in [-0.15, -0.1) is 11.3 Å². The van der Waals surface area contributed by atoms with Gasteiger partial charge in [0.1, 0.15) is 0 Å². The highest BCUT2D eigenvalue weighted by Gasteiger charge is 2.22. The molecule has 6 heteroatoms. The fourth-order valence-corrected chi connectivity index (χ4v) is 3.03. The van der Waals surface area contributed by atoms with Crippen LogP contribution < -0.4 is 0 Å². The highest BCUT2D eigenvalue weighted by atomic mass is 35.5. The predicted molar refractivity (Wildman–Crippen MR) is 66.6 cm³/mol. The van der Waals surface area contributed by atoms with E-state index < -0.39 is 5.97 Å². The molecule has 1 saturated heterocycles. The van der Waals surface area contributed by atoms with Crippen molar-refractivity contribution in [3.05, 3.63) is 21.3 Å². The first-order chi connectivity index (χ1) is 8.13. The highest BCUT2D eigenvalue weighted by molar-refractivity contribution is 7.16. The Morgan fingerprint density at radius 2 is 2.47 bits per heavy atom. The van der Waals surface area contributed by atoms with E-state index in [1.807, 2.05) is 12.1 Å². The summed E-state index contributed by atoms with van der Waals surface area (Å²) in [6.45, 7) is 2.92. The zero-order chi connectivity index (χ0) is 12.3. The van der Waals surface area contributed by atoms with E-state index in [9.17, 15) is 4.79 Å². The molecule has 2 rings (SSSR count). The Morgan fingerprint density at radius 3 is 3.12 bits per heavy atom. The van der Waals surface area contributed by atoms with Gasteiger partial charge in [0.25, 0.3) is 0 Å². The number of carbonyl (C=O) groups is 1. The number of carboxylic acid groups (broad SMARTS) is 1. The van der Waals surface area contributed by atoms with Gasteiger partial charge in [-0.3, -0.25) is 9.69 Å². The molecule has 1 atom stereocenters. The average molecular weight is 276 g/mol. The van der Waals surface area contributed by atoms with Gasteiger partial charge in [0.15, 0.2) is 0 Å². The molecular weight excluding hydrogens is 262 g/mol. The van der Waals surface area contributed by atoms with Crippen molar-refractivity contribution in [3.8, 4) is 0 Å². The lowest BCUT2D eigenvalue weighted by Gasteiger charge is -2.31. The minimum absolute atomic E-state index is 0.0711. The third-order valence-electron chi connectivity index (χ3n) is 2.63. The molecule has 0 amide bonds. The van der Waals surface area contributed by atoms with E-state index in [1.165, 1.54) is 4.88 Å². The Hall–Kier alpha value is -0.620. The van der Waals surface area contributed by atoms with Crippen molar-refractivity contribution in [2.75, 3.05) is 19.7 Å². The third-order valence-corrected chi connectivity index (χ3v) is 3.85. The maximum atomic E-state index is 10.6. The predicted octanol–water partition coefficient (Wildman–Crippen LogP) is 2.08. The van der Waals surface area contributed by atoms with E-state index in [1.54, 1.807) is 11.3 Å². The molecule has 0 radical (unpaired) electrons. The number of morpholine rings is 1. The quantitative estimate of drug-likeness (QED) is 0.914. The fourth-order valence-electron chi connectivity index (χ4n) is 1.90. The van der Waals surface area contributed by atoms with E-state index in [0.29, 0.717) is 13.2 Å². The lowest BCUT2D eigenvalue weighted by atomic mass is 10.2. The van der Waals surface area contributed by atoms with Crippen molar-refractivity contribution < 1.29 is 14.6 Å². The summed E-state index contributed by atoms with van der Waals surface area (Å²) < 4.78 is 6.20. The second kappa shape index (κ2) is 5.82. The van der Waals surface area contributed by atoms with Crippen molar-refractivity contribution in [1.82, 2.24) is 4.90 Å². The van der Waals surface area contributed by atoms with Gasteiger partial charge in [-0.25, -0.2) is 0 Å². The molecule has 0 spiro atoms. The Balaban J connectivity index is 1.87. The maximum absolute atomic E-state index is 10.6. The summed E-state index contributed by atoms with van der Waals surface area (Å²) in [5.74, 6) is -0.809. The van der Waals surface area contributed by atoms with Crippen LogP contribution in [0, 0.1) is 0 Å². The van der Waals surface area contributed by atoms with Crippen molar-refractivity contribution >= 4 is 28.9 Å². The maximum Gasteiger partial charge on any atom is 0.306 e. The van der Waals surface area contributed by atoms with Crippen molar-refractivity contribution in [2.24, 2.45) is 0 Å². The monoisotopic (exact) mass is 275 g/mol. The second-order valence-corrected chi connectivity index (χ2v) is 5.83. The summed E-state index contributed by atoms with van der Waals surface area (Å²) in [5.41, 5.74) is 0. The zero-order valence-corrected chi connectivity index (χ0v) is 10.8. The minimum Gasteiger partial charge on any atom is -0.481 e. The summed E-state index contributed by atoms with van der Waals surface area (Å²) in [6.07, 6.45) is -0.126. The molecule has 0 aromatic carbocycles. The second-order valence-electron chi connectivity index (χ2n) is 4.03. The van der Waals surface area contributed by atoms with E-state index in [0.717, 1.165) is 17.4 Å². The lowest BCUT2D eigenvalue weighted by molar-refractivity contribution is -0.142. The first kappa shape index (κ1) is 12.8. The number of carboxylic acids is 1. The van der Waals surface area contributed by atoms with Gasteiger partial charge in [0.05, 0.1) is 23.5 Å². The zero-order valence-electron chi connectivity index (χ0n) is 9.26. The first-order valence-corrected chi connectivity index (χ1v) is 6.63. The van der Waals surface area contributed by atoms with Gasteiger partial charge in [-0.1, -0.05) is 11.6 Å². The molecule has 17 heavy (non-hydrogen) atoms. The topological polar surface area (TPSA) is 49.8 Å². The van der Waals surface area contributed by atoms with Crippen LogP contribution in [0.2, 0.25) is 4.34 Å². The number of nitrogens with zero attached hydrogens (tertiary/aromatic N) is 1. The molecular formula is C11H14ClNO3S. The van der Waals surface area contributed by atoms with Gasteiger partial charge < -0.3 is 9.84 Å². The van der Waals surface area contributed by atoms with Gasteiger partial charge >= 0.3 is 5.97 Å². The van der Waals surface area contributed by atoms with Crippen LogP contribution in [0.25, 0.3) is 0 Å². The van der Waals surface area contributed by atoms with Crippen LogP contribution in [-0.2, 0) is 16.1 Å². The van der Waals surface area contributed by atoms with E-state index in [4.69, 9.17) is 21.4 Å². The molecule has 1 aliphatic heterocycles. The van der Waals surface area contributed by atoms with Crippen LogP contribution in [0.15, 0.2) is 12.1 Å². The van der Waals surface area contributed by atoms with Gasteiger partial charge in [-0.05, 0) is 12.1 Å². The molecule has 1 fully saturated rings. The first-order valence-electron chi connectivity index (χ1n) is 5.43. The number of aliphatic carboxylic acids is 1. The summed E-state index contributed by atoms with van der Waals surface area (Å²) in [5, 5.41) is 8.73. The summed E-state index contributed by atoms with van der Waals surface area (Å²) >= 11 is 7.44. The Morgan fingerprint density at radius 1 is 1.65 bits per heavy atom. The smallest absolute Gasteiger partial charge is 0.306 e. The van der Waals surface area contributed by atoms with Crippen molar-refractivity contribution in [2.45, 2.75) is 19.1 Å².